The van der Waals surface area contributed by atoms with Crippen molar-refractivity contribution in [2.24, 2.45) is 0 Å². The van der Waals surface area contributed by atoms with Crippen LogP contribution in [0.5, 0.6) is 0 Å². The summed E-state index contributed by atoms with van der Waals surface area (Å²) in [5.41, 5.74) is 1.15. The van der Waals surface area contributed by atoms with Crippen LogP contribution in [-0.2, 0) is 30.3 Å². The summed E-state index contributed by atoms with van der Waals surface area (Å²) >= 11 is 0. The van der Waals surface area contributed by atoms with Gasteiger partial charge in [0, 0.05) is 20.8 Å². The van der Waals surface area contributed by atoms with Crippen LogP contribution in [0.3, 0.4) is 0 Å². The van der Waals surface area contributed by atoms with Gasteiger partial charge in [0.15, 0.2) is 6.29 Å². The van der Waals surface area contributed by atoms with Crippen LogP contribution in [0.15, 0.2) is 30.3 Å². The summed E-state index contributed by atoms with van der Waals surface area (Å²) < 4.78 is 28.2. The van der Waals surface area contributed by atoms with Gasteiger partial charge < -0.3 is 23.7 Å². The molecule has 5 heteroatoms. The maximum absolute atomic E-state index is 5.96. The lowest BCUT2D eigenvalue weighted by molar-refractivity contribution is -0.165. The van der Waals surface area contributed by atoms with Crippen LogP contribution in [0.1, 0.15) is 115 Å². The van der Waals surface area contributed by atoms with Crippen molar-refractivity contribution >= 4 is 0 Å². The molecule has 216 valence electrons. The van der Waals surface area contributed by atoms with Crippen molar-refractivity contribution < 1.29 is 23.7 Å². The number of hydrogen-bond acceptors (Lipinski definition) is 5. The zero-order valence-electron chi connectivity index (χ0n) is 24.4. The fourth-order valence-corrected chi connectivity index (χ4v) is 4.44. The standard InChI is InChI=1S/C32H58O5/c1-4-5-6-7-8-9-10-11-12-13-14-15-16-17-18-22-25-35-27-31(37-29-32(33-2)34-3)28-36-26-30-23-20-19-21-24-30/h19-21,23-24,31-32H,4-18,22,25-29H2,1-3H3. The highest BCUT2D eigenvalue weighted by Crippen LogP contribution is 2.14. The first-order chi connectivity index (χ1) is 18.3. The van der Waals surface area contributed by atoms with E-state index in [9.17, 15) is 0 Å². The molecular formula is C32H58O5. The molecule has 1 rings (SSSR count). The molecule has 0 aliphatic carbocycles. The Morgan fingerprint density at radius 3 is 1.57 bits per heavy atom. The van der Waals surface area contributed by atoms with Crippen LogP contribution in [0, 0.1) is 0 Å². The highest BCUT2D eigenvalue weighted by atomic mass is 16.7. The van der Waals surface area contributed by atoms with Crippen molar-refractivity contribution in [3.63, 3.8) is 0 Å². The van der Waals surface area contributed by atoms with Crippen LogP contribution >= 0.6 is 0 Å². The number of hydrogen-bond donors (Lipinski definition) is 0. The van der Waals surface area contributed by atoms with Gasteiger partial charge in [-0.15, -0.1) is 0 Å². The van der Waals surface area contributed by atoms with E-state index in [0.717, 1.165) is 18.6 Å². The van der Waals surface area contributed by atoms with Crippen LogP contribution in [-0.4, -0.2) is 53.0 Å². The van der Waals surface area contributed by atoms with Gasteiger partial charge in [0.25, 0.3) is 0 Å². The Labute approximate surface area is 228 Å². The van der Waals surface area contributed by atoms with Crippen LogP contribution in [0.2, 0.25) is 0 Å². The lowest BCUT2D eigenvalue weighted by Crippen LogP contribution is -2.31. The van der Waals surface area contributed by atoms with Gasteiger partial charge in [0.1, 0.15) is 6.10 Å². The molecule has 0 heterocycles. The van der Waals surface area contributed by atoms with Crippen molar-refractivity contribution in [2.75, 3.05) is 40.6 Å². The quantitative estimate of drug-likeness (QED) is 0.0815. The fourth-order valence-electron chi connectivity index (χ4n) is 4.44. The number of unbranched alkanes of at least 4 members (excludes halogenated alkanes) is 15. The zero-order chi connectivity index (χ0) is 26.7. The third-order valence-corrected chi connectivity index (χ3v) is 6.86. The Morgan fingerprint density at radius 1 is 0.568 bits per heavy atom. The molecule has 5 nitrogen and oxygen atoms in total. The molecular weight excluding hydrogens is 464 g/mol. The predicted octanol–water partition coefficient (Wildman–Crippen LogP) is 8.49. The molecule has 0 fully saturated rings. The minimum Gasteiger partial charge on any atom is -0.379 e. The fraction of sp³-hybridized carbons (Fsp3) is 0.812. The molecule has 1 aromatic carbocycles. The summed E-state index contributed by atoms with van der Waals surface area (Å²) in [6.45, 7) is 4.99. The van der Waals surface area contributed by atoms with Crippen molar-refractivity contribution in [2.45, 2.75) is 129 Å². The Hall–Kier alpha value is -0.980. The van der Waals surface area contributed by atoms with Gasteiger partial charge >= 0.3 is 0 Å². The SMILES string of the molecule is CCCCCCCCCCCCCCCCCCOCC(COCc1ccccc1)OCC(OC)OC. The van der Waals surface area contributed by atoms with Gasteiger partial charge in [0.05, 0.1) is 26.4 Å². The van der Waals surface area contributed by atoms with E-state index in [2.05, 4.69) is 19.1 Å². The zero-order valence-corrected chi connectivity index (χ0v) is 24.4. The number of ether oxygens (including phenoxy) is 5. The Morgan fingerprint density at radius 2 is 1.05 bits per heavy atom. The maximum atomic E-state index is 5.96. The molecule has 0 aromatic heterocycles. The molecule has 0 N–H and O–H groups in total. The molecule has 37 heavy (non-hydrogen) atoms. The average Bonchev–Trinajstić information content (AvgIpc) is 2.93. The second-order valence-electron chi connectivity index (χ2n) is 10.2. The predicted molar refractivity (Wildman–Crippen MR) is 154 cm³/mol. The van der Waals surface area contributed by atoms with Crippen molar-refractivity contribution in [1.29, 1.82) is 0 Å². The monoisotopic (exact) mass is 522 g/mol. The lowest BCUT2D eigenvalue weighted by Gasteiger charge is -2.21. The molecule has 0 saturated carbocycles. The number of methoxy groups -OCH3 is 2. The Kier molecular flexibility index (Phi) is 24.5. The topological polar surface area (TPSA) is 46.2 Å². The summed E-state index contributed by atoms with van der Waals surface area (Å²) in [7, 11) is 3.23. The highest BCUT2D eigenvalue weighted by Gasteiger charge is 2.14. The summed E-state index contributed by atoms with van der Waals surface area (Å²) in [4.78, 5) is 0. The minimum atomic E-state index is -0.378. The number of rotatable bonds is 28. The van der Waals surface area contributed by atoms with Crippen molar-refractivity contribution in [3.8, 4) is 0 Å². The maximum Gasteiger partial charge on any atom is 0.180 e. The van der Waals surface area contributed by atoms with Crippen molar-refractivity contribution in [1.82, 2.24) is 0 Å². The van der Waals surface area contributed by atoms with E-state index >= 15 is 0 Å². The highest BCUT2D eigenvalue weighted by molar-refractivity contribution is 5.13. The van der Waals surface area contributed by atoms with E-state index in [1.54, 1.807) is 14.2 Å². The Bertz CT molecular complexity index is 564. The first kappa shape index (κ1) is 34.0. The normalized spacial score (nSPS) is 12.4. The molecule has 1 aromatic rings. The molecule has 0 bridgehead atoms. The molecule has 0 saturated heterocycles. The van der Waals surface area contributed by atoms with Gasteiger partial charge in [-0.3, -0.25) is 0 Å². The van der Waals surface area contributed by atoms with E-state index in [-0.39, 0.29) is 12.4 Å². The van der Waals surface area contributed by atoms with Crippen LogP contribution < -0.4 is 0 Å². The van der Waals surface area contributed by atoms with E-state index in [1.165, 1.54) is 96.3 Å². The summed E-state index contributed by atoms with van der Waals surface area (Å²) in [5, 5.41) is 0. The van der Waals surface area contributed by atoms with Gasteiger partial charge in [-0.25, -0.2) is 0 Å². The summed E-state index contributed by atoms with van der Waals surface area (Å²) in [6, 6.07) is 10.2. The van der Waals surface area contributed by atoms with Gasteiger partial charge in [-0.1, -0.05) is 134 Å². The third kappa shape index (κ3) is 21.6. The van der Waals surface area contributed by atoms with E-state index in [1.807, 2.05) is 18.2 Å². The largest absolute Gasteiger partial charge is 0.379 e. The molecule has 0 radical (unpaired) electrons. The first-order valence-corrected chi connectivity index (χ1v) is 15.2. The molecule has 0 amide bonds. The molecule has 1 atom stereocenters. The minimum absolute atomic E-state index is 0.141. The van der Waals surface area contributed by atoms with E-state index < -0.39 is 0 Å². The van der Waals surface area contributed by atoms with Gasteiger partial charge in [-0.2, -0.15) is 0 Å². The average molecular weight is 523 g/mol. The summed E-state index contributed by atoms with van der Waals surface area (Å²) in [5.74, 6) is 0. The molecule has 0 aliphatic rings. The van der Waals surface area contributed by atoms with Gasteiger partial charge in [0.2, 0.25) is 0 Å². The smallest absolute Gasteiger partial charge is 0.180 e. The molecule has 0 aliphatic heterocycles. The molecule has 0 spiro atoms. The third-order valence-electron chi connectivity index (χ3n) is 6.86. The second-order valence-corrected chi connectivity index (χ2v) is 10.2. The molecule has 1 unspecified atom stereocenters. The summed E-state index contributed by atoms with van der Waals surface area (Å²) in [6.07, 6.45) is 21.5. The van der Waals surface area contributed by atoms with E-state index in [4.69, 9.17) is 23.7 Å². The lowest BCUT2D eigenvalue weighted by atomic mass is 10.0. The Balaban J connectivity index is 1.99. The van der Waals surface area contributed by atoms with E-state index in [0.29, 0.717) is 26.4 Å². The van der Waals surface area contributed by atoms with Gasteiger partial charge in [-0.05, 0) is 12.0 Å². The second kappa shape index (κ2) is 26.6. The van der Waals surface area contributed by atoms with Crippen LogP contribution in [0.4, 0.5) is 0 Å². The van der Waals surface area contributed by atoms with Crippen LogP contribution in [0.25, 0.3) is 0 Å². The van der Waals surface area contributed by atoms with Crippen molar-refractivity contribution in [3.05, 3.63) is 35.9 Å². The number of benzene rings is 1. The first-order valence-electron chi connectivity index (χ1n) is 15.2.